The molecule has 0 unspecified atom stereocenters. The minimum Gasteiger partial charge on any atom is -0.288 e. The fraction of sp³-hybridized carbons (Fsp3) is 0.312. The summed E-state index contributed by atoms with van der Waals surface area (Å²) in [6.45, 7) is 1.92. The van der Waals surface area contributed by atoms with Crippen molar-refractivity contribution in [2.45, 2.75) is 25.6 Å². The van der Waals surface area contributed by atoms with Gasteiger partial charge in [-0.15, -0.1) is 0 Å². The smallest absolute Gasteiger partial charge is 0.288 e. The Bertz CT molecular complexity index is 727. The molecule has 2 aromatic carbocycles. The van der Waals surface area contributed by atoms with E-state index in [1.54, 1.807) is 12.1 Å². The number of fused-ring (bicyclic) bond motifs is 1. The molecule has 1 N–H and O–H groups in total. The third-order valence-electron chi connectivity index (χ3n) is 3.91. The van der Waals surface area contributed by atoms with Crippen LogP contribution in [0.2, 0.25) is 0 Å². The van der Waals surface area contributed by atoms with E-state index in [0.29, 0.717) is 0 Å². The van der Waals surface area contributed by atoms with Crippen molar-refractivity contribution < 1.29 is 18.0 Å². The van der Waals surface area contributed by atoms with E-state index in [-0.39, 0.29) is 24.4 Å². The number of nitrogens with zero attached hydrogens (tertiary/aromatic N) is 1. The Morgan fingerprint density at radius 1 is 1.23 bits per heavy atom. The number of benzene rings is 2. The number of carbonyl (C=O) groups is 1. The molecule has 22 heavy (non-hydrogen) atoms. The normalized spacial score (nSPS) is 17.7. The van der Waals surface area contributed by atoms with Crippen LogP contribution in [0, 0.1) is 6.92 Å². The zero-order valence-corrected chi connectivity index (χ0v) is 11.9. The molecule has 0 saturated carbocycles. The van der Waals surface area contributed by atoms with Gasteiger partial charge in [-0.3, -0.25) is 10.2 Å². The molecule has 6 heteroatoms. The molecular weight excluding hydrogens is 293 g/mol. The number of hydrazine groups is 1. The van der Waals surface area contributed by atoms with Gasteiger partial charge in [0.25, 0.3) is 0 Å². The summed E-state index contributed by atoms with van der Waals surface area (Å²) in [6.07, 6.45) is -4.38. The third-order valence-corrected chi connectivity index (χ3v) is 3.91. The monoisotopic (exact) mass is 308 g/mol. The van der Waals surface area contributed by atoms with E-state index < -0.39 is 12.2 Å². The molecule has 0 aliphatic carbocycles. The molecule has 0 aromatic heterocycles. The highest BCUT2D eigenvalue weighted by molar-refractivity contribution is 5.86. The number of hydrogen-bond donors (Lipinski definition) is 1. The first-order valence-electron chi connectivity index (χ1n) is 6.98. The van der Waals surface area contributed by atoms with Crippen LogP contribution in [-0.2, 0) is 4.79 Å². The number of hydrogen-bond acceptors (Lipinski definition) is 2. The largest absolute Gasteiger partial charge is 0.409 e. The van der Waals surface area contributed by atoms with Crippen molar-refractivity contribution in [1.29, 1.82) is 0 Å². The maximum atomic E-state index is 13.5. The van der Waals surface area contributed by atoms with Crippen molar-refractivity contribution in [3.8, 4) is 0 Å². The van der Waals surface area contributed by atoms with E-state index in [9.17, 15) is 18.0 Å². The van der Waals surface area contributed by atoms with Crippen molar-refractivity contribution in [3.63, 3.8) is 0 Å². The maximum absolute atomic E-state index is 13.5. The second-order valence-corrected chi connectivity index (χ2v) is 5.48. The number of nitrogens with one attached hydrogen (secondary N) is 1. The van der Waals surface area contributed by atoms with E-state index in [2.05, 4.69) is 5.43 Å². The van der Waals surface area contributed by atoms with Gasteiger partial charge < -0.3 is 0 Å². The average molecular weight is 308 g/mol. The van der Waals surface area contributed by atoms with Gasteiger partial charge in [-0.05, 0) is 34.9 Å². The minimum atomic E-state index is -4.46. The quantitative estimate of drug-likeness (QED) is 0.921. The molecular formula is C16H15F3N2O. The Labute approximate surface area is 125 Å². The fourth-order valence-electron chi connectivity index (χ4n) is 2.85. The first-order valence-corrected chi connectivity index (χ1v) is 6.98. The highest BCUT2D eigenvalue weighted by Gasteiger charge is 2.46. The van der Waals surface area contributed by atoms with Crippen LogP contribution in [-0.4, -0.2) is 23.6 Å². The summed E-state index contributed by atoms with van der Waals surface area (Å²) in [5.74, 6) is -0.383. The van der Waals surface area contributed by atoms with Crippen molar-refractivity contribution in [2.75, 3.05) is 6.54 Å². The molecule has 0 spiro atoms. The van der Waals surface area contributed by atoms with E-state index >= 15 is 0 Å². The predicted molar refractivity (Wildman–Crippen MR) is 76.9 cm³/mol. The standard InChI is InChI=1S/C16H15F3N2O/c1-10-3-2-4-11-5-6-12(9-13(10)11)15(16(17,18)19)21-8-7-14(22)20-21/h2-6,9,15H,7-8H2,1H3,(H,20,22)/t15-/m0/s1. The van der Waals surface area contributed by atoms with Gasteiger partial charge in [-0.2, -0.15) is 13.2 Å². The molecule has 1 fully saturated rings. The molecule has 3 rings (SSSR count). The van der Waals surface area contributed by atoms with E-state index in [1.807, 2.05) is 25.1 Å². The van der Waals surface area contributed by atoms with Crippen LogP contribution in [0.1, 0.15) is 23.6 Å². The molecule has 3 nitrogen and oxygen atoms in total. The van der Waals surface area contributed by atoms with E-state index in [4.69, 9.17) is 0 Å². The topological polar surface area (TPSA) is 32.3 Å². The third kappa shape index (κ3) is 2.66. The zero-order chi connectivity index (χ0) is 15.9. The lowest BCUT2D eigenvalue weighted by Gasteiger charge is -2.29. The van der Waals surface area contributed by atoms with Gasteiger partial charge in [0.2, 0.25) is 5.91 Å². The average Bonchev–Trinajstić information content (AvgIpc) is 2.84. The molecule has 1 amide bonds. The predicted octanol–water partition coefficient (Wildman–Crippen LogP) is 3.49. The zero-order valence-electron chi connectivity index (χ0n) is 11.9. The number of amides is 1. The summed E-state index contributed by atoms with van der Waals surface area (Å²) < 4.78 is 40.5. The molecule has 1 heterocycles. The van der Waals surface area contributed by atoms with Crippen LogP contribution < -0.4 is 5.43 Å². The SMILES string of the molecule is Cc1cccc2ccc([C@H](N3CCC(=O)N3)C(F)(F)F)cc12. The fourth-order valence-corrected chi connectivity index (χ4v) is 2.85. The van der Waals surface area contributed by atoms with Gasteiger partial charge in [-0.1, -0.05) is 30.3 Å². The van der Waals surface area contributed by atoms with Crippen LogP contribution in [0.25, 0.3) is 10.8 Å². The molecule has 0 bridgehead atoms. The number of alkyl halides is 3. The van der Waals surface area contributed by atoms with Crippen LogP contribution >= 0.6 is 0 Å². The molecule has 1 atom stereocenters. The Kier molecular flexibility index (Phi) is 3.56. The number of carbonyl (C=O) groups excluding carboxylic acids is 1. The van der Waals surface area contributed by atoms with E-state index in [1.165, 1.54) is 6.07 Å². The highest BCUT2D eigenvalue weighted by Crippen LogP contribution is 2.39. The molecule has 1 aliphatic heterocycles. The molecule has 2 aromatic rings. The number of halogens is 3. The first-order chi connectivity index (χ1) is 10.4. The summed E-state index contributed by atoms with van der Waals surface area (Å²) in [7, 11) is 0. The van der Waals surface area contributed by atoms with Crippen LogP contribution in [0.15, 0.2) is 36.4 Å². The lowest BCUT2D eigenvalue weighted by molar-refractivity contribution is -0.191. The Morgan fingerprint density at radius 3 is 2.64 bits per heavy atom. The molecule has 1 aliphatic rings. The van der Waals surface area contributed by atoms with Crippen molar-refractivity contribution in [2.24, 2.45) is 0 Å². The van der Waals surface area contributed by atoms with Gasteiger partial charge >= 0.3 is 6.18 Å². The number of rotatable bonds is 2. The summed E-state index contributed by atoms with van der Waals surface area (Å²) >= 11 is 0. The van der Waals surface area contributed by atoms with Gasteiger partial charge in [0.15, 0.2) is 0 Å². The van der Waals surface area contributed by atoms with Crippen LogP contribution in [0.3, 0.4) is 0 Å². The maximum Gasteiger partial charge on any atom is 0.409 e. The van der Waals surface area contributed by atoms with Crippen molar-refractivity contribution in [3.05, 3.63) is 47.5 Å². The second-order valence-electron chi connectivity index (χ2n) is 5.48. The second kappa shape index (κ2) is 5.28. The summed E-state index contributed by atoms with van der Waals surface area (Å²) in [6, 6.07) is 8.51. The van der Waals surface area contributed by atoms with Crippen LogP contribution in [0.4, 0.5) is 13.2 Å². The van der Waals surface area contributed by atoms with E-state index in [0.717, 1.165) is 21.3 Å². The number of aryl methyl sites for hydroxylation is 1. The minimum absolute atomic E-state index is 0.0504. The molecule has 1 saturated heterocycles. The first kappa shape index (κ1) is 14.8. The lowest BCUT2D eigenvalue weighted by Crippen LogP contribution is -2.43. The van der Waals surface area contributed by atoms with Crippen molar-refractivity contribution in [1.82, 2.24) is 10.4 Å². The van der Waals surface area contributed by atoms with Gasteiger partial charge in [0.1, 0.15) is 6.04 Å². The molecule has 0 radical (unpaired) electrons. The summed E-state index contributed by atoms with van der Waals surface area (Å²) in [5, 5.41) is 2.66. The van der Waals surface area contributed by atoms with Crippen molar-refractivity contribution >= 4 is 16.7 Å². The van der Waals surface area contributed by atoms with Crippen LogP contribution in [0.5, 0.6) is 0 Å². The Hall–Kier alpha value is -2.08. The van der Waals surface area contributed by atoms with Gasteiger partial charge in [0, 0.05) is 13.0 Å². The summed E-state index contributed by atoms with van der Waals surface area (Å²) in [5.41, 5.74) is 3.35. The Balaban J connectivity index is 2.08. The lowest BCUT2D eigenvalue weighted by atomic mass is 9.98. The van der Waals surface area contributed by atoms with Gasteiger partial charge in [0.05, 0.1) is 0 Å². The highest BCUT2D eigenvalue weighted by atomic mass is 19.4. The van der Waals surface area contributed by atoms with Gasteiger partial charge in [-0.25, -0.2) is 5.01 Å². The Morgan fingerprint density at radius 2 is 2.00 bits per heavy atom. The molecule has 116 valence electrons. The summed E-state index contributed by atoms with van der Waals surface area (Å²) in [4.78, 5) is 11.3.